The van der Waals surface area contributed by atoms with E-state index in [1.807, 2.05) is 0 Å². The highest BCUT2D eigenvalue weighted by atomic mass is 31.2. The van der Waals surface area contributed by atoms with Gasteiger partial charge >= 0.3 is 39.5 Å². The number of ether oxygens (including phenoxy) is 4. The van der Waals surface area contributed by atoms with Crippen molar-refractivity contribution in [2.24, 2.45) is 23.7 Å². The zero-order valence-electron chi connectivity index (χ0n) is 55.9. The number of rotatable bonds is 64. The first-order valence-corrected chi connectivity index (χ1v) is 37.7. The molecule has 5 atom stereocenters. The van der Waals surface area contributed by atoms with Crippen LogP contribution in [0.15, 0.2) is 0 Å². The second-order valence-corrected chi connectivity index (χ2v) is 29.0. The van der Waals surface area contributed by atoms with E-state index in [1.54, 1.807) is 0 Å². The van der Waals surface area contributed by atoms with Crippen molar-refractivity contribution in [2.45, 2.75) is 343 Å². The van der Waals surface area contributed by atoms with Crippen LogP contribution in [-0.2, 0) is 65.4 Å². The summed E-state index contributed by atoms with van der Waals surface area (Å²) in [5.41, 5.74) is 0. The minimum absolute atomic E-state index is 0.103. The van der Waals surface area contributed by atoms with Crippen molar-refractivity contribution >= 4 is 39.5 Å². The number of phosphoric acid groups is 2. The lowest BCUT2D eigenvalue weighted by Gasteiger charge is -2.21. The smallest absolute Gasteiger partial charge is 0.462 e. The maximum absolute atomic E-state index is 13.0. The van der Waals surface area contributed by atoms with Gasteiger partial charge in [0.25, 0.3) is 0 Å². The standard InChI is InChI=1S/C67H130O17P2/c1-57(2)43-35-27-19-13-10-9-11-15-23-31-39-47-64(69)77-53-63(84-67(72)50-42-34-26-18-22-30-38-46-60(7)8)56-82-86(75,76)80-52-61(68)51-79-85(73,74)81-55-62(54-78-65(70)48-40-32-25-17-21-29-37-45-59(5)6)83-66(71)49-41-33-24-16-12-14-20-28-36-44-58(3)4/h57-63,68H,9-56H2,1-8H3,(H,73,74)(H,75,76)/t61?,62-,63-/m1/s1. The molecule has 0 rings (SSSR count). The molecule has 510 valence electrons. The minimum atomic E-state index is -4.95. The number of esters is 4. The minimum Gasteiger partial charge on any atom is -0.462 e. The van der Waals surface area contributed by atoms with Gasteiger partial charge in [0.05, 0.1) is 26.4 Å². The average Bonchev–Trinajstić information content (AvgIpc) is 3.59. The highest BCUT2D eigenvalue weighted by molar-refractivity contribution is 7.47. The predicted octanol–water partition coefficient (Wildman–Crippen LogP) is 18.5. The molecule has 0 aromatic heterocycles. The largest absolute Gasteiger partial charge is 0.472 e. The van der Waals surface area contributed by atoms with Gasteiger partial charge in [-0.3, -0.25) is 37.3 Å². The van der Waals surface area contributed by atoms with E-state index in [2.05, 4.69) is 55.4 Å². The fourth-order valence-corrected chi connectivity index (χ4v) is 11.5. The molecule has 0 heterocycles. The molecule has 0 aliphatic rings. The van der Waals surface area contributed by atoms with E-state index in [1.165, 1.54) is 122 Å². The fourth-order valence-electron chi connectivity index (χ4n) is 9.96. The van der Waals surface area contributed by atoms with Crippen molar-refractivity contribution in [3.8, 4) is 0 Å². The maximum atomic E-state index is 13.0. The van der Waals surface area contributed by atoms with Crippen molar-refractivity contribution in [2.75, 3.05) is 39.6 Å². The molecule has 0 aliphatic heterocycles. The summed E-state index contributed by atoms with van der Waals surface area (Å²) in [6, 6.07) is 0. The number of hydrogen-bond acceptors (Lipinski definition) is 15. The number of phosphoric ester groups is 2. The normalized spacial score (nSPS) is 14.4. The molecule has 0 spiro atoms. The molecule has 0 saturated carbocycles. The monoisotopic (exact) mass is 1270 g/mol. The molecule has 0 fully saturated rings. The Morgan fingerprint density at radius 1 is 0.291 bits per heavy atom. The van der Waals surface area contributed by atoms with Gasteiger partial charge in [0.2, 0.25) is 0 Å². The second kappa shape index (κ2) is 57.0. The van der Waals surface area contributed by atoms with Crippen molar-refractivity contribution in [3.05, 3.63) is 0 Å². The molecule has 0 aromatic carbocycles. The summed E-state index contributed by atoms with van der Waals surface area (Å²) in [5.74, 6) is 0.772. The lowest BCUT2D eigenvalue weighted by molar-refractivity contribution is -0.161. The zero-order chi connectivity index (χ0) is 63.9. The quantitative estimate of drug-likeness (QED) is 0.0222. The third-order valence-electron chi connectivity index (χ3n) is 15.3. The summed E-state index contributed by atoms with van der Waals surface area (Å²) in [6.07, 6.45) is 37.7. The summed E-state index contributed by atoms with van der Waals surface area (Å²) < 4.78 is 68.1. The first-order valence-electron chi connectivity index (χ1n) is 34.7. The van der Waals surface area contributed by atoms with Gasteiger partial charge in [-0.1, -0.05) is 274 Å². The number of hydrogen-bond donors (Lipinski definition) is 3. The summed E-state index contributed by atoms with van der Waals surface area (Å²) in [7, 11) is -9.90. The Morgan fingerprint density at radius 3 is 0.721 bits per heavy atom. The molecular formula is C67H130O17P2. The van der Waals surface area contributed by atoms with Crippen LogP contribution in [-0.4, -0.2) is 96.7 Å². The van der Waals surface area contributed by atoms with Gasteiger partial charge in [-0.05, 0) is 49.4 Å². The summed E-state index contributed by atoms with van der Waals surface area (Å²) in [4.78, 5) is 72.3. The number of aliphatic hydroxyl groups excluding tert-OH is 1. The molecule has 0 saturated heterocycles. The van der Waals surface area contributed by atoms with Crippen molar-refractivity contribution in [3.63, 3.8) is 0 Å². The van der Waals surface area contributed by atoms with Crippen molar-refractivity contribution in [1.29, 1.82) is 0 Å². The van der Waals surface area contributed by atoms with E-state index >= 15 is 0 Å². The van der Waals surface area contributed by atoms with E-state index in [4.69, 9.17) is 37.0 Å². The van der Waals surface area contributed by atoms with Gasteiger partial charge < -0.3 is 33.8 Å². The predicted molar refractivity (Wildman–Crippen MR) is 344 cm³/mol. The Morgan fingerprint density at radius 2 is 0.488 bits per heavy atom. The molecule has 0 radical (unpaired) electrons. The maximum Gasteiger partial charge on any atom is 0.472 e. The third kappa shape index (κ3) is 60.9. The Bertz CT molecular complexity index is 1710. The van der Waals surface area contributed by atoms with E-state index < -0.39 is 97.5 Å². The molecule has 0 aromatic rings. The molecule has 3 unspecified atom stereocenters. The van der Waals surface area contributed by atoms with Crippen LogP contribution in [0.4, 0.5) is 0 Å². The van der Waals surface area contributed by atoms with Crippen LogP contribution in [0.1, 0.15) is 325 Å². The van der Waals surface area contributed by atoms with Gasteiger partial charge in [0, 0.05) is 25.7 Å². The lowest BCUT2D eigenvalue weighted by Crippen LogP contribution is -2.30. The van der Waals surface area contributed by atoms with Gasteiger partial charge in [0.15, 0.2) is 12.2 Å². The van der Waals surface area contributed by atoms with Crippen molar-refractivity contribution < 1.29 is 80.2 Å². The third-order valence-corrected chi connectivity index (χ3v) is 17.2. The van der Waals surface area contributed by atoms with Crippen LogP contribution in [0.3, 0.4) is 0 Å². The highest BCUT2D eigenvalue weighted by Crippen LogP contribution is 2.45. The van der Waals surface area contributed by atoms with Gasteiger partial charge in [-0.2, -0.15) is 0 Å². The topological polar surface area (TPSA) is 237 Å². The molecule has 19 heteroatoms. The molecule has 0 amide bonds. The van der Waals surface area contributed by atoms with E-state index in [-0.39, 0.29) is 25.7 Å². The number of unbranched alkanes of at least 4 members (excludes halogenated alkanes) is 30. The second-order valence-electron chi connectivity index (χ2n) is 26.1. The van der Waals surface area contributed by atoms with Crippen molar-refractivity contribution in [1.82, 2.24) is 0 Å². The van der Waals surface area contributed by atoms with Crippen LogP contribution in [0.25, 0.3) is 0 Å². The lowest BCUT2D eigenvalue weighted by atomic mass is 10.0. The van der Waals surface area contributed by atoms with Crippen LogP contribution in [0.2, 0.25) is 0 Å². The Hall–Kier alpha value is -1.94. The summed E-state index contributed by atoms with van der Waals surface area (Å²) in [5, 5.41) is 10.6. The first-order chi connectivity index (χ1) is 41.1. The number of carbonyl (C=O) groups excluding carboxylic acids is 4. The summed E-state index contributed by atoms with van der Waals surface area (Å²) in [6.45, 7) is 14.0. The Labute approximate surface area is 524 Å². The number of aliphatic hydroxyl groups is 1. The van der Waals surface area contributed by atoms with Crippen LogP contribution in [0.5, 0.6) is 0 Å². The van der Waals surface area contributed by atoms with Gasteiger partial charge in [-0.25, -0.2) is 9.13 Å². The highest BCUT2D eigenvalue weighted by Gasteiger charge is 2.30. The van der Waals surface area contributed by atoms with E-state index in [0.29, 0.717) is 37.5 Å². The summed E-state index contributed by atoms with van der Waals surface area (Å²) >= 11 is 0. The van der Waals surface area contributed by atoms with E-state index in [9.17, 15) is 43.2 Å². The van der Waals surface area contributed by atoms with Crippen LogP contribution in [0, 0.1) is 23.7 Å². The Kier molecular flexibility index (Phi) is 55.7. The molecule has 0 bridgehead atoms. The van der Waals surface area contributed by atoms with Gasteiger partial charge in [-0.15, -0.1) is 0 Å². The first kappa shape index (κ1) is 84.1. The molecule has 86 heavy (non-hydrogen) atoms. The molecule has 17 nitrogen and oxygen atoms in total. The SMILES string of the molecule is CC(C)CCCCCCCCCCCCCC(=O)OC[C@H](COP(=O)(O)OCC(O)COP(=O)(O)OC[C@@H](COC(=O)CCCCCCCCCC(C)C)OC(=O)CCCCCCCCCCCC(C)C)OC(=O)CCCCCCCCCC(C)C. The average molecular weight is 1270 g/mol. The van der Waals surface area contributed by atoms with Crippen LogP contribution >= 0.6 is 15.6 Å². The zero-order valence-corrected chi connectivity index (χ0v) is 57.7. The van der Waals surface area contributed by atoms with Crippen LogP contribution < -0.4 is 0 Å². The molecule has 3 N–H and O–H groups in total. The Balaban J connectivity index is 5.24. The molecular weight excluding hydrogens is 1140 g/mol. The molecule has 0 aliphatic carbocycles. The number of carbonyl (C=O) groups is 4. The fraction of sp³-hybridized carbons (Fsp3) is 0.940. The van der Waals surface area contributed by atoms with Gasteiger partial charge in [0.1, 0.15) is 19.3 Å². The van der Waals surface area contributed by atoms with E-state index in [0.717, 1.165) is 108 Å².